The van der Waals surface area contributed by atoms with E-state index in [0.29, 0.717) is 0 Å². The smallest absolute Gasteiger partial charge is 0.194 e. The number of piperidine rings is 1. The third-order valence-corrected chi connectivity index (χ3v) is 4.80. The molecule has 2 N–H and O–H groups in total. The van der Waals surface area contributed by atoms with Crippen LogP contribution in [0.4, 0.5) is 4.39 Å². The second-order valence-electron chi connectivity index (χ2n) is 6.85. The first kappa shape index (κ1) is 20.1. The Bertz CT molecular complexity index is 761. The summed E-state index contributed by atoms with van der Waals surface area (Å²) in [5, 5.41) is 13.6. The first-order chi connectivity index (χ1) is 13.7. The molecular weight excluding hydrogens is 357 g/mol. The van der Waals surface area contributed by atoms with Gasteiger partial charge in [-0.1, -0.05) is 36.4 Å². The lowest BCUT2D eigenvalue weighted by Crippen LogP contribution is -2.47. The summed E-state index contributed by atoms with van der Waals surface area (Å²) in [6.45, 7) is 4.49. The van der Waals surface area contributed by atoms with Crippen LogP contribution >= 0.6 is 0 Å². The summed E-state index contributed by atoms with van der Waals surface area (Å²) >= 11 is 0. The second-order valence-corrected chi connectivity index (χ2v) is 6.85. The molecule has 1 heterocycles. The molecule has 2 aromatic carbocycles. The Balaban J connectivity index is 1.57. The van der Waals surface area contributed by atoms with Gasteiger partial charge in [0.2, 0.25) is 0 Å². The van der Waals surface area contributed by atoms with Crippen LogP contribution in [0.3, 0.4) is 0 Å². The average molecular weight is 385 g/mol. The number of rotatable bonds is 6. The predicted octanol–water partition coefficient (Wildman–Crippen LogP) is 3.37. The molecule has 0 spiro atoms. The summed E-state index contributed by atoms with van der Waals surface area (Å²) < 4.78 is 19.9. The molecule has 1 atom stereocenters. The summed E-state index contributed by atoms with van der Waals surface area (Å²) in [6, 6.07) is 16.1. The normalized spacial score (nSPS) is 16.7. The minimum absolute atomic E-state index is 0.115. The summed E-state index contributed by atoms with van der Waals surface area (Å²) in [6.07, 6.45) is 1.02. The summed E-state index contributed by atoms with van der Waals surface area (Å²) in [4.78, 5) is 6.71. The van der Waals surface area contributed by atoms with Crippen LogP contribution in [0.15, 0.2) is 59.6 Å². The van der Waals surface area contributed by atoms with E-state index < -0.39 is 11.9 Å². The largest absolute Gasteiger partial charge is 0.490 e. The van der Waals surface area contributed by atoms with Gasteiger partial charge in [0.1, 0.15) is 23.8 Å². The Hall–Kier alpha value is -2.60. The zero-order chi connectivity index (χ0) is 19.8. The van der Waals surface area contributed by atoms with Crippen LogP contribution in [0, 0.1) is 5.82 Å². The molecule has 1 fully saturated rings. The highest BCUT2D eigenvalue weighted by molar-refractivity contribution is 5.80. The first-order valence-electron chi connectivity index (χ1n) is 9.85. The number of guanidine groups is 1. The maximum Gasteiger partial charge on any atom is 0.194 e. The standard InChI is InChI=1S/C22H28FN3O2/c1-2-24-22(25-16-21(27)19-10-6-7-11-20(19)23)26-14-12-18(13-15-26)28-17-8-4-3-5-9-17/h3-11,18,21,27H,2,12-16H2,1H3,(H,24,25). The molecular formula is C22H28FN3O2. The lowest BCUT2D eigenvalue weighted by molar-refractivity contribution is 0.129. The van der Waals surface area contributed by atoms with Crippen molar-refractivity contribution < 1.29 is 14.2 Å². The number of benzene rings is 2. The van der Waals surface area contributed by atoms with Crippen LogP contribution in [0.2, 0.25) is 0 Å². The number of aliphatic hydroxyl groups excluding tert-OH is 1. The van der Waals surface area contributed by atoms with Crippen molar-refractivity contribution >= 4 is 5.96 Å². The Kier molecular flexibility index (Phi) is 7.25. The molecule has 5 nitrogen and oxygen atoms in total. The van der Waals surface area contributed by atoms with E-state index in [4.69, 9.17) is 4.74 Å². The van der Waals surface area contributed by atoms with E-state index in [1.165, 1.54) is 6.07 Å². The Labute approximate surface area is 165 Å². The number of ether oxygens (including phenoxy) is 1. The molecule has 2 aromatic rings. The lowest BCUT2D eigenvalue weighted by atomic mass is 10.1. The molecule has 0 aromatic heterocycles. The van der Waals surface area contributed by atoms with E-state index in [9.17, 15) is 9.50 Å². The number of halogens is 1. The SMILES string of the molecule is CCNC(=NCC(O)c1ccccc1F)N1CCC(Oc2ccccc2)CC1. The van der Waals surface area contributed by atoms with Crippen molar-refractivity contribution in [1.82, 2.24) is 10.2 Å². The first-order valence-corrected chi connectivity index (χ1v) is 9.85. The van der Waals surface area contributed by atoms with E-state index in [1.54, 1.807) is 18.2 Å². The molecule has 150 valence electrons. The highest BCUT2D eigenvalue weighted by Crippen LogP contribution is 2.20. The van der Waals surface area contributed by atoms with Crippen molar-refractivity contribution in [3.05, 3.63) is 66.0 Å². The molecule has 28 heavy (non-hydrogen) atoms. The maximum absolute atomic E-state index is 13.8. The van der Waals surface area contributed by atoms with Gasteiger partial charge in [0.25, 0.3) is 0 Å². The third kappa shape index (κ3) is 5.45. The molecule has 1 saturated heterocycles. The maximum atomic E-state index is 13.8. The van der Waals surface area contributed by atoms with Crippen LogP contribution in [-0.4, -0.2) is 48.2 Å². The van der Waals surface area contributed by atoms with Gasteiger partial charge < -0.3 is 20.1 Å². The van der Waals surface area contributed by atoms with Crippen LogP contribution in [0.5, 0.6) is 5.75 Å². The van der Waals surface area contributed by atoms with Crippen molar-refractivity contribution in [3.63, 3.8) is 0 Å². The van der Waals surface area contributed by atoms with Crippen molar-refractivity contribution in [2.45, 2.75) is 32.0 Å². The molecule has 0 bridgehead atoms. The van der Waals surface area contributed by atoms with E-state index in [0.717, 1.165) is 44.2 Å². The van der Waals surface area contributed by atoms with Gasteiger partial charge >= 0.3 is 0 Å². The number of aliphatic imine (C=N–C) groups is 1. The van der Waals surface area contributed by atoms with Gasteiger partial charge in [-0.25, -0.2) is 4.39 Å². The average Bonchev–Trinajstić information content (AvgIpc) is 2.73. The number of likely N-dealkylation sites (tertiary alicyclic amines) is 1. The molecule has 1 aliphatic heterocycles. The molecule has 1 unspecified atom stereocenters. The lowest BCUT2D eigenvalue weighted by Gasteiger charge is -2.34. The van der Waals surface area contributed by atoms with E-state index in [1.807, 2.05) is 37.3 Å². The van der Waals surface area contributed by atoms with Crippen LogP contribution < -0.4 is 10.1 Å². The van der Waals surface area contributed by atoms with Gasteiger partial charge in [0, 0.05) is 38.0 Å². The molecule has 3 rings (SSSR count). The van der Waals surface area contributed by atoms with Crippen molar-refractivity contribution in [2.24, 2.45) is 4.99 Å². The fraction of sp³-hybridized carbons (Fsp3) is 0.409. The number of hydrogen-bond acceptors (Lipinski definition) is 3. The molecule has 0 saturated carbocycles. The van der Waals surface area contributed by atoms with Gasteiger partial charge in [-0.15, -0.1) is 0 Å². The number of para-hydroxylation sites is 1. The van der Waals surface area contributed by atoms with Crippen LogP contribution in [0.1, 0.15) is 31.4 Å². The molecule has 0 aliphatic carbocycles. The van der Waals surface area contributed by atoms with E-state index >= 15 is 0 Å². The van der Waals surface area contributed by atoms with Gasteiger partial charge in [0.15, 0.2) is 5.96 Å². The van der Waals surface area contributed by atoms with Crippen molar-refractivity contribution in [1.29, 1.82) is 0 Å². The minimum atomic E-state index is -0.964. The fourth-order valence-corrected chi connectivity index (χ4v) is 3.32. The van der Waals surface area contributed by atoms with Crippen LogP contribution in [0.25, 0.3) is 0 Å². The molecule has 6 heteroatoms. The van der Waals surface area contributed by atoms with Crippen LogP contribution in [-0.2, 0) is 0 Å². The number of nitrogens with one attached hydrogen (secondary N) is 1. The Morgan fingerprint density at radius 1 is 1.18 bits per heavy atom. The zero-order valence-electron chi connectivity index (χ0n) is 16.2. The molecule has 0 radical (unpaired) electrons. The topological polar surface area (TPSA) is 57.1 Å². The fourth-order valence-electron chi connectivity index (χ4n) is 3.32. The minimum Gasteiger partial charge on any atom is -0.490 e. The Morgan fingerprint density at radius 2 is 1.86 bits per heavy atom. The molecule has 1 aliphatic rings. The van der Waals surface area contributed by atoms with Gasteiger partial charge in [0.05, 0.1) is 6.54 Å². The number of nitrogens with zero attached hydrogens (tertiary/aromatic N) is 2. The summed E-state index contributed by atoms with van der Waals surface area (Å²) in [7, 11) is 0. The number of aliphatic hydroxyl groups is 1. The summed E-state index contributed by atoms with van der Waals surface area (Å²) in [5.41, 5.74) is 0.275. The van der Waals surface area contributed by atoms with E-state index in [2.05, 4.69) is 15.2 Å². The number of hydrogen-bond donors (Lipinski definition) is 2. The highest BCUT2D eigenvalue weighted by atomic mass is 19.1. The van der Waals surface area contributed by atoms with Crippen molar-refractivity contribution in [2.75, 3.05) is 26.2 Å². The van der Waals surface area contributed by atoms with Gasteiger partial charge in [-0.05, 0) is 25.1 Å². The predicted molar refractivity (Wildman–Crippen MR) is 109 cm³/mol. The monoisotopic (exact) mass is 385 g/mol. The van der Waals surface area contributed by atoms with E-state index in [-0.39, 0.29) is 18.2 Å². The quantitative estimate of drug-likeness (QED) is 0.591. The zero-order valence-corrected chi connectivity index (χ0v) is 16.2. The highest BCUT2D eigenvalue weighted by Gasteiger charge is 2.23. The Morgan fingerprint density at radius 3 is 2.54 bits per heavy atom. The van der Waals surface area contributed by atoms with Crippen molar-refractivity contribution in [3.8, 4) is 5.75 Å². The van der Waals surface area contributed by atoms with Gasteiger partial charge in [-0.3, -0.25) is 4.99 Å². The molecule has 0 amide bonds. The van der Waals surface area contributed by atoms with Gasteiger partial charge in [-0.2, -0.15) is 0 Å². The third-order valence-electron chi connectivity index (χ3n) is 4.80. The second kappa shape index (κ2) is 10.1. The summed E-state index contributed by atoms with van der Waals surface area (Å²) in [5.74, 6) is 1.24.